The van der Waals surface area contributed by atoms with Crippen LogP contribution in [0.5, 0.6) is 0 Å². The maximum absolute atomic E-state index is 6.06. The number of anilines is 1. The SMILES string of the molecule is Clc1cccc(N2CCN(CC3CCCN3)CC2)c1. The van der Waals surface area contributed by atoms with Gasteiger partial charge in [0.25, 0.3) is 0 Å². The molecule has 0 amide bonds. The Hall–Kier alpha value is -0.770. The highest BCUT2D eigenvalue weighted by Crippen LogP contribution is 2.21. The number of hydrogen-bond donors (Lipinski definition) is 1. The first-order valence-electron chi connectivity index (χ1n) is 7.27. The van der Waals surface area contributed by atoms with Crippen molar-refractivity contribution in [1.82, 2.24) is 10.2 Å². The molecule has 1 unspecified atom stereocenters. The summed E-state index contributed by atoms with van der Waals surface area (Å²) in [5, 5.41) is 4.41. The van der Waals surface area contributed by atoms with Crippen LogP contribution in [0.25, 0.3) is 0 Å². The van der Waals surface area contributed by atoms with Crippen LogP contribution in [0, 0.1) is 0 Å². The van der Waals surface area contributed by atoms with Crippen molar-refractivity contribution >= 4 is 17.3 Å². The molecule has 3 rings (SSSR count). The van der Waals surface area contributed by atoms with Crippen molar-refractivity contribution in [3.05, 3.63) is 29.3 Å². The first kappa shape index (κ1) is 13.2. The summed E-state index contributed by atoms with van der Waals surface area (Å²) in [5.41, 5.74) is 1.26. The van der Waals surface area contributed by atoms with Crippen LogP contribution >= 0.6 is 11.6 Å². The van der Waals surface area contributed by atoms with Crippen LogP contribution in [0.3, 0.4) is 0 Å². The summed E-state index contributed by atoms with van der Waals surface area (Å²) in [6.07, 6.45) is 2.68. The monoisotopic (exact) mass is 279 g/mol. The summed E-state index contributed by atoms with van der Waals surface area (Å²) in [6.45, 7) is 6.94. The molecule has 2 aliphatic rings. The Kier molecular flexibility index (Phi) is 4.26. The van der Waals surface area contributed by atoms with E-state index in [9.17, 15) is 0 Å². The van der Waals surface area contributed by atoms with Gasteiger partial charge in [-0.2, -0.15) is 0 Å². The molecule has 0 aromatic heterocycles. The Morgan fingerprint density at radius 2 is 2.05 bits per heavy atom. The molecule has 0 aliphatic carbocycles. The predicted octanol–water partition coefficient (Wildman–Crippen LogP) is 2.21. The molecule has 0 saturated carbocycles. The van der Waals surface area contributed by atoms with Gasteiger partial charge in [-0.05, 0) is 37.6 Å². The number of nitrogens with zero attached hydrogens (tertiary/aromatic N) is 2. The Morgan fingerprint density at radius 3 is 2.74 bits per heavy atom. The van der Waals surface area contributed by atoms with E-state index in [1.165, 1.54) is 31.6 Å². The molecule has 1 N–H and O–H groups in total. The maximum Gasteiger partial charge on any atom is 0.0426 e. The van der Waals surface area contributed by atoms with Gasteiger partial charge in [-0.1, -0.05) is 17.7 Å². The lowest BCUT2D eigenvalue weighted by Crippen LogP contribution is -2.49. The molecule has 2 saturated heterocycles. The molecule has 3 nitrogen and oxygen atoms in total. The third-order valence-corrected chi connectivity index (χ3v) is 4.42. The predicted molar refractivity (Wildman–Crippen MR) is 81.1 cm³/mol. The molecule has 0 bridgehead atoms. The Morgan fingerprint density at radius 1 is 1.21 bits per heavy atom. The van der Waals surface area contributed by atoms with Crippen LogP contribution < -0.4 is 10.2 Å². The first-order valence-corrected chi connectivity index (χ1v) is 7.65. The van der Waals surface area contributed by atoms with Crippen LogP contribution in [-0.2, 0) is 0 Å². The van der Waals surface area contributed by atoms with Gasteiger partial charge in [0.1, 0.15) is 0 Å². The Labute approximate surface area is 120 Å². The summed E-state index contributed by atoms with van der Waals surface area (Å²) >= 11 is 6.06. The van der Waals surface area contributed by atoms with E-state index >= 15 is 0 Å². The largest absolute Gasteiger partial charge is 0.369 e. The van der Waals surface area contributed by atoms with E-state index in [1.54, 1.807) is 0 Å². The molecule has 4 heteroatoms. The van der Waals surface area contributed by atoms with E-state index in [2.05, 4.69) is 27.2 Å². The highest BCUT2D eigenvalue weighted by molar-refractivity contribution is 6.30. The van der Waals surface area contributed by atoms with Gasteiger partial charge in [0.05, 0.1) is 0 Å². The third kappa shape index (κ3) is 3.41. The zero-order valence-electron chi connectivity index (χ0n) is 11.3. The van der Waals surface area contributed by atoms with Gasteiger partial charge in [0, 0.05) is 49.5 Å². The van der Waals surface area contributed by atoms with Gasteiger partial charge < -0.3 is 10.2 Å². The van der Waals surface area contributed by atoms with Crippen LogP contribution in [-0.4, -0.2) is 50.2 Å². The van der Waals surface area contributed by atoms with Gasteiger partial charge in [0.15, 0.2) is 0 Å². The van der Waals surface area contributed by atoms with Crippen molar-refractivity contribution < 1.29 is 0 Å². The van der Waals surface area contributed by atoms with Crippen LogP contribution in [0.4, 0.5) is 5.69 Å². The summed E-state index contributed by atoms with van der Waals surface area (Å²) < 4.78 is 0. The van der Waals surface area contributed by atoms with E-state index < -0.39 is 0 Å². The third-order valence-electron chi connectivity index (χ3n) is 4.19. The molecule has 0 spiro atoms. The van der Waals surface area contributed by atoms with Gasteiger partial charge in [-0.25, -0.2) is 0 Å². The van der Waals surface area contributed by atoms with E-state index in [0.29, 0.717) is 0 Å². The van der Waals surface area contributed by atoms with Crippen molar-refractivity contribution in [2.24, 2.45) is 0 Å². The molecule has 2 aliphatic heterocycles. The van der Waals surface area contributed by atoms with Gasteiger partial charge in [-0.3, -0.25) is 4.90 Å². The number of nitrogens with one attached hydrogen (secondary N) is 1. The lowest BCUT2D eigenvalue weighted by atomic mass is 10.2. The molecule has 2 heterocycles. The molecule has 104 valence electrons. The van der Waals surface area contributed by atoms with Crippen molar-refractivity contribution in [2.45, 2.75) is 18.9 Å². The van der Waals surface area contributed by atoms with E-state index in [0.717, 1.165) is 37.2 Å². The lowest BCUT2D eigenvalue weighted by Gasteiger charge is -2.37. The van der Waals surface area contributed by atoms with E-state index in [4.69, 9.17) is 11.6 Å². The Bertz CT molecular complexity index is 410. The number of hydrogen-bond acceptors (Lipinski definition) is 3. The normalized spacial score (nSPS) is 24.9. The zero-order chi connectivity index (χ0) is 13.1. The molecule has 2 fully saturated rings. The standard InChI is InChI=1S/C15H22ClN3/c16-13-3-1-5-15(11-13)19-9-7-18(8-10-19)12-14-4-2-6-17-14/h1,3,5,11,14,17H,2,4,6-10,12H2. The molecular weight excluding hydrogens is 258 g/mol. The van der Waals surface area contributed by atoms with Gasteiger partial charge in [0.2, 0.25) is 0 Å². The van der Waals surface area contributed by atoms with Crippen LogP contribution in [0.1, 0.15) is 12.8 Å². The molecule has 1 aromatic carbocycles. The number of halogens is 1. The molecular formula is C15H22ClN3. The van der Waals surface area contributed by atoms with Crippen molar-refractivity contribution in [3.8, 4) is 0 Å². The second-order valence-electron chi connectivity index (χ2n) is 5.56. The smallest absolute Gasteiger partial charge is 0.0426 e. The first-order chi connectivity index (χ1) is 9.31. The summed E-state index contributed by atoms with van der Waals surface area (Å²) in [4.78, 5) is 5.02. The highest BCUT2D eigenvalue weighted by Gasteiger charge is 2.21. The van der Waals surface area contributed by atoms with Crippen LogP contribution in [0.15, 0.2) is 24.3 Å². The lowest BCUT2D eigenvalue weighted by molar-refractivity contribution is 0.236. The van der Waals surface area contributed by atoms with E-state index in [-0.39, 0.29) is 0 Å². The van der Waals surface area contributed by atoms with Crippen LogP contribution in [0.2, 0.25) is 5.02 Å². The Balaban J connectivity index is 1.51. The molecule has 0 radical (unpaired) electrons. The van der Waals surface area contributed by atoms with Gasteiger partial charge >= 0.3 is 0 Å². The molecule has 1 atom stereocenters. The topological polar surface area (TPSA) is 18.5 Å². The minimum Gasteiger partial charge on any atom is -0.369 e. The average molecular weight is 280 g/mol. The molecule has 19 heavy (non-hydrogen) atoms. The maximum atomic E-state index is 6.06. The molecule has 1 aromatic rings. The summed E-state index contributed by atoms with van der Waals surface area (Å²) in [5.74, 6) is 0. The fourth-order valence-electron chi connectivity index (χ4n) is 3.09. The van der Waals surface area contributed by atoms with Gasteiger partial charge in [-0.15, -0.1) is 0 Å². The van der Waals surface area contributed by atoms with E-state index in [1.807, 2.05) is 12.1 Å². The quantitative estimate of drug-likeness (QED) is 0.915. The highest BCUT2D eigenvalue weighted by atomic mass is 35.5. The van der Waals surface area contributed by atoms with Crippen molar-refractivity contribution in [1.29, 1.82) is 0 Å². The zero-order valence-corrected chi connectivity index (χ0v) is 12.1. The fourth-order valence-corrected chi connectivity index (χ4v) is 3.27. The number of rotatable bonds is 3. The second-order valence-corrected chi connectivity index (χ2v) is 6.00. The minimum atomic E-state index is 0.720. The van der Waals surface area contributed by atoms with Crippen molar-refractivity contribution in [2.75, 3.05) is 44.2 Å². The minimum absolute atomic E-state index is 0.720. The summed E-state index contributed by atoms with van der Waals surface area (Å²) in [7, 11) is 0. The van der Waals surface area contributed by atoms with Crippen molar-refractivity contribution in [3.63, 3.8) is 0 Å². The number of benzene rings is 1. The average Bonchev–Trinajstić information content (AvgIpc) is 2.92. The number of piperazine rings is 1. The summed E-state index contributed by atoms with van der Waals surface area (Å²) in [6, 6.07) is 8.91. The fraction of sp³-hybridized carbons (Fsp3) is 0.600. The second kappa shape index (κ2) is 6.12.